The third-order valence-electron chi connectivity index (χ3n) is 7.24. The third kappa shape index (κ3) is 3.68. The van der Waals surface area contributed by atoms with Gasteiger partial charge in [-0.2, -0.15) is 12.3 Å². The summed E-state index contributed by atoms with van der Waals surface area (Å²) in [7, 11) is 2.48. The lowest BCUT2D eigenvalue weighted by atomic mass is 9.91. The van der Waals surface area contributed by atoms with Gasteiger partial charge in [0, 0.05) is 9.91 Å². The summed E-state index contributed by atoms with van der Waals surface area (Å²) in [4.78, 5) is 0. The normalized spacial score (nSPS) is 22.7. The SMILES string of the molecule is CCC1[C-](P[Si])CC([Si](c2ccccc2)(c2ccccc2)c2ccccc2)C1CC. The second-order valence-corrected chi connectivity index (χ2v) is 14.2. The highest BCUT2D eigenvalue weighted by Crippen LogP contribution is 2.58. The molecule has 3 radical (unpaired) electrons. The molecule has 0 nitrogen and oxygen atoms in total. The predicted molar refractivity (Wildman–Crippen MR) is 137 cm³/mol. The summed E-state index contributed by atoms with van der Waals surface area (Å²) in [5.41, 5.74) is 2.43. The van der Waals surface area contributed by atoms with Crippen molar-refractivity contribution in [3.8, 4) is 0 Å². The summed E-state index contributed by atoms with van der Waals surface area (Å²) < 4.78 is 0. The fourth-order valence-electron chi connectivity index (χ4n) is 6.06. The minimum atomic E-state index is -2.23. The van der Waals surface area contributed by atoms with E-state index in [1.165, 1.54) is 19.3 Å². The monoisotopic (exact) mass is 442 g/mol. The van der Waals surface area contributed by atoms with E-state index in [1.807, 2.05) is 0 Å². The Hall–Kier alpha value is -1.48. The van der Waals surface area contributed by atoms with Gasteiger partial charge in [0.2, 0.25) is 0 Å². The van der Waals surface area contributed by atoms with Crippen LogP contribution in [-0.4, -0.2) is 18.0 Å². The Morgan fingerprint density at radius 3 is 1.53 bits per heavy atom. The van der Waals surface area contributed by atoms with Gasteiger partial charge in [0.15, 0.2) is 0 Å². The first-order valence-corrected chi connectivity index (χ1v) is 15.8. The second-order valence-electron chi connectivity index (χ2n) is 8.45. The number of hydrogen-bond acceptors (Lipinski definition) is 0. The maximum Gasteiger partial charge on any atom is 0.149 e. The van der Waals surface area contributed by atoms with Crippen molar-refractivity contribution in [2.75, 3.05) is 0 Å². The van der Waals surface area contributed by atoms with Crippen molar-refractivity contribution >= 4 is 41.7 Å². The van der Waals surface area contributed by atoms with E-state index in [1.54, 1.807) is 21.2 Å². The molecule has 0 aromatic heterocycles. The van der Waals surface area contributed by atoms with E-state index in [0.29, 0.717) is 5.54 Å². The molecule has 1 aliphatic carbocycles. The number of rotatable bonds is 7. The Balaban J connectivity index is 2.03. The van der Waals surface area contributed by atoms with Gasteiger partial charge >= 0.3 is 0 Å². The quantitative estimate of drug-likeness (QED) is 0.202. The zero-order valence-electron chi connectivity index (χ0n) is 18.0. The molecule has 1 saturated carbocycles. The fraction of sp³-hybridized carbons (Fsp3) is 0.296. The molecular formula is C27H31PSi2-. The van der Waals surface area contributed by atoms with Gasteiger partial charge in [0.1, 0.15) is 8.07 Å². The number of benzene rings is 3. The molecule has 0 amide bonds. The molecule has 1 aliphatic rings. The van der Waals surface area contributed by atoms with Gasteiger partial charge in [-0.1, -0.05) is 129 Å². The molecule has 0 saturated heterocycles. The average Bonchev–Trinajstić information content (AvgIpc) is 3.20. The summed E-state index contributed by atoms with van der Waals surface area (Å²) in [6.45, 7) is 4.80. The molecule has 3 aromatic rings. The van der Waals surface area contributed by atoms with Crippen LogP contribution in [0.4, 0.5) is 0 Å². The van der Waals surface area contributed by atoms with Gasteiger partial charge < -0.3 is 0 Å². The van der Waals surface area contributed by atoms with Crippen molar-refractivity contribution < 1.29 is 0 Å². The molecule has 4 rings (SSSR count). The highest BCUT2D eigenvalue weighted by molar-refractivity contribution is 7.69. The number of hydrogen-bond donors (Lipinski definition) is 0. The minimum absolute atomic E-state index is 0.679. The van der Waals surface area contributed by atoms with E-state index in [0.717, 1.165) is 20.0 Å². The van der Waals surface area contributed by atoms with Crippen molar-refractivity contribution in [1.82, 2.24) is 0 Å². The zero-order chi connectivity index (χ0) is 21.0. The maximum atomic E-state index is 3.94. The Morgan fingerprint density at radius 2 is 1.20 bits per heavy atom. The van der Waals surface area contributed by atoms with Gasteiger partial charge in [-0.05, 0) is 15.6 Å². The van der Waals surface area contributed by atoms with Crippen LogP contribution in [0.25, 0.3) is 0 Å². The molecule has 0 N–H and O–H groups in total. The first-order chi connectivity index (χ1) is 14.8. The van der Waals surface area contributed by atoms with Gasteiger partial charge in [0.25, 0.3) is 0 Å². The van der Waals surface area contributed by atoms with Gasteiger partial charge in [-0.3, -0.25) is 13.8 Å². The van der Waals surface area contributed by atoms with Crippen LogP contribution in [0.2, 0.25) is 5.54 Å². The predicted octanol–water partition coefficient (Wildman–Crippen LogP) is 5.28. The Bertz CT molecular complexity index is 817. The van der Waals surface area contributed by atoms with Crippen molar-refractivity contribution in [2.45, 2.75) is 38.7 Å². The molecule has 0 bridgehead atoms. The van der Waals surface area contributed by atoms with Crippen LogP contribution in [0.3, 0.4) is 0 Å². The Labute approximate surface area is 188 Å². The largest absolute Gasteiger partial charge is 0.297 e. The van der Waals surface area contributed by atoms with Crippen molar-refractivity contribution in [1.29, 1.82) is 0 Å². The van der Waals surface area contributed by atoms with Crippen LogP contribution >= 0.6 is 8.13 Å². The Morgan fingerprint density at radius 1 is 0.767 bits per heavy atom. The van der Waals surface area contributed by atoms with Gasteiger partial charge in [-0.15, -0.1) is 0 Å². The first kappa shape index (κ1) is 21.7. The summed E-state index contributed by atoms with van der Waals surface area (Å²) in [5, 5.41) is 4.66. The molecule has 0 aliphatic heterocycles. The highest BCUT2D eigenvalue weighted by Gasteiger charge is 2.50. The van der Waals surface area contributed by atoms with Crippen LogP contribution in [0, 0.1) is 17.5 Å². The van der Waals surface area contributed by atoms with Crippen LogP contribution in [0.15, 0.2) is 91.0 Å². The lowest BCUT2D eigenvalue weighted by molar-refractivity contribution is 0.389. The summed E-state index contributed by atoms with van der Waals surface area (Å²) in [6.07, 6.45) is 3.76. The van der Waals surface area contributed by atoms with Crippen LogP contribution in [0.5, 0.6) is 0 Å². The first-order valence-electron chi connectivity index (χ1n) is 11.2. The summed E-state index contributed by atoms with van der Waals surface area (Å²) in [6, 6.07) is 34.4. The summed E-state index contributed by atoms with van der Waals surface area (Å²) >= 11 is 0. The molecule has 0 heterocycles. The lowest BCUT2D eigenvalue weighted by Gasteiger charge is -2.44. The fourth-order valence-corrected chi connectivity index (χ4v) is 14.1. The third-order valence-corrected chi connectivity index (χ3v) is 14.6. The zero-order valence-corrected chi connectivity index (χ0v) is 21.0. The topological polar surface area (TPSA) is 0 Å². The molecule has 3 heteroatoms. The molecule has 30 heavy (non-hydrogen) atoms. The van der Waals surface area contributed by atoms with Crippen molar-refractivity contribution in [3.05, 3.63) is 96.7 Å². The van der Waals surface area contributed by atoms with E-state index in [2.05, 4.69) is 115 Å². The lowest BCUT2D eigenvalue weighted by Crippen LogP contribution is -2.70. The van der Waals surface area contributed by atoms with Gasteiger partial charge in [-0.25, -0.2) is 0 Å². The minimum Gasteiger partial charge on any atom is -0.297 e. The smallest absolute Gasteiger partial charge is 0.149 e. The van der Waals surface area contributed by atoms with Crippen LogP contribution < -0.4 is 15.6 Å². The van der Waals surface area contributed by atoms with E-state index < -0.39 is 8.07 Å². The molecule has 0 spiro atoms. The maximum absolute atomic E-state index is 3.94. The van der Waals surface area contributed by atoms with Crippen LogP contribution in [-0.2, 0) is 0 Å². The van der Waals surface area contributed by atoms with Gasteiger partial charge in [0.05, 0.1) is 0 Å². The van der Waals surface area contributed by atoms with Crippen molar-refractivity contribution in [2.24, 2.45) is 11.8 Å². The summed E-state index contributed by atoms with van der Waals surface area (Å²) in [5.74, 6) is 1.47. The van der Waals surface area contributed by atoms with E-state index in [9.17, 15) is 0 Å². The molecule has 4 unspecified atom stereocenters. The molecule has 4 atom stereocenters. The highest BCUT2D eigenvalue weighted by atomic mass is 31.3. The average molecular weight is 443 g/mol. The van der Waals surface area contributed by atoms with E-state index in [-0.39, 0.29) is 0 Å². The van der Waals surface area contributed by atoms with Crippen LogP contribution in [0.1, 0.15) is 33.1 Å². The molecule has 153 valence electrons. The molecule has 3 aromatic carbocycles. The molecule has 1 fully saturated rings. The molecular weight excluding hydrogens is 411 g/mol. The second kappa shape index (κ2) is 9.77. The van der Waals surface area contributed by atoms with E-state index >= 15 is 0 Å². The standard InChI is InChI=1S/C27H31PSi2/c1-3-24-25(4-2)27(20-26(24)28-29)30(21-14-8-5-9-15-21,22-16-10-6-11-17-22)23-18-12-7-13-19-23/h5-19,24-25,27-28H,3-4,20H2,1-2H3/q-1. The van der Waals surface area contributed by atoms with Crippen molar-refractivity contribution in [3.63, 3.8) is 0 Å². The van der Waals surface area contributed by atoms with E-state index in [4.69, 9.17) is 0 Å². The Kier molecular flexibility index (Phi) is 7.08.